The van der Waals surface area contributed by atoms with E-state index in [1.807, 2.05) is 0 Å². The molecule has 0 saturated heterocycles. The zero-order valence-corrected chi connectivity index (χ0v) is 7.15. The summed E-state index contributed by atoms with van der Waals surface area (Å²) in [5.74, 6) is -0.246. The first-order valence-corrected chi connectivity index (χ1v) is 3.98. The zero-order valence-electron chi connectivity index (χ0n) is 7.15. The molecule has 0 N–H and O–H groups in total. The minimum atomic E-state index is -0.140. The summed E-state index contributed by atoms with van der Waals surface area (Å²) < 4.78 is 1.37. The molecule has 0 fully saturated rings. The van der Waals surface area contributed by atoms with Crippen LogP contribution in [0, 0.1) is 0 Å². The normalized spacial score (nSPS) is 13.9. The maximum atomic E-state index is 11.3. The highest BCUT2D eigenvalue weighted by Gasteiger charge is 2.31. The lowest BCUT2D eigenvalue weighted by Crippen LogP contribution is -2.10. The molecule has 1 amide bonds. The van der Waals surface area contributed by atoms with E-state index in [1.165, 1.54) is 17.7 Å². The van der Waals surface area contributed by atoms with E-state index in [1.54, 1.807) is 24.3 Å². The molecule has 0 unspecified atom stereocenters. The quantitative estimate of drug-likeness (QED) is 0.553. The molecule has 0 radical (unpaired) electrons. The number of benzene rings is 1. The van der Waals surface area contributed by atoms with Gasteiger partial charge >= 0.3 is 5.91 Å². The fraction of sp³-hybridized carbons (Fsp3) is 0.100. The van der Waals surface area contributed by atoms with E-state index < -0.39 is 0 Å². The fourth-order valence-corrected chi connectivity index (χ4v) is 1.41. The third-order valence-electron chi connectivity index (χ3n) is 2.01. The van der Waals surface area contributed by atoms with Gasteiger partial charge < -0.3 is 0 Å². The van der Waals surface area contributed by atoms with Gasteiger partial charge in [0.1, 0.15) is 5.56 Å². The van der Waals surface area contributed by atoms with Crippen molar-refractivity contribution in [3.05, 3.63) is 29.8 Å². The van der Waals surface area contributed by atoms with Crippen LogP contribution in [0.3, 0.4) is 0 Å². The molecule has 3 nitrogen and oxygen atoms in total. The van der Waals surface area contributed by atoms with Crippen LogP contribution in [0.2, 0.25) is 0 Å². The third-order valence-corrected chi connectivity index (χ3v) is 2.01. The molecule has 64 valence electrons. The van der Waals surface area contributed by atoms with Crippen LogP contribution < -0.4 is 0 Å². The Kier molecular flexibility index (Phi) is 1.59. The largest absolute Gasteiger partial charge is 0.389 e. The van der Waals surface area contributed by atoms with Crippen molar-refractivity contribution in [3.8, 4) is 0 Å². The Morgan fingerprint density at radius 1 is 1.31 bits per heavy atom. The number of para-hydroxylation sites is 1. The van der Waals surface area contributed by atoms with E-state index >= 15 is 0 Å². The highest BCUT2D eigenvalue weighted by atomic mass is 16.2. The maximum Gasteiger partial charge on any atom is 0.389 e. The first kappa shape index (κ1) is 7.86. The minimum absolute atomic E-state index is 0.106. The van der Waals surface area contributed by atoms with Crippen LogP contribution in [0.25, 0.3) is 0 Å². The SMILES string of the molecule is CC(=O)[N+]1=CC(=O)c2ccccc21. The summed E-state index contributed by atoms with van der Waals surface area (Å²) in [6.45, 7) is 1.44. The highest BCUT2D eigenvalue weighted by Crippen LogP contribution is 2.22. The Bertz CT molecular complexity index is 432. The van der Waals surface area contributed by atoms with Crippen LogP contribution in [0.15, 0.2) is 24.3 Å². The summed E-state index contributed by atoms with van der Waals surface area (Å²) in [4.78, 5) is 22.4. The lowest BCUT2D eigenvalue weighted by molar-refractivity contribution is -0.357. The number of Topliss-reactive ketones (excluding diaryl/α,β-unsaturated/α-hetero) is 1. The maximum absolute atomic E-state index is 11.3. The number of hydrogen-bond acceptors (Lipinski definition) is 2. The van der Waals surface area contributed by atoms with E-state index in [0.29, 0.717) is 11.3 Å². The van der Waals surface area contributed by atoms with Crippen molar-refractivity contribution in [2.24, 2.45) is 0 Å². The predicted molar refractivity (Wildman–Crippen MR) is 47.4 cm³/mol. The van der Waals surface area contributed by atoms with Crippen LogP contribution in [0.5, 0.6) is 0 Å². The summed E-state index contributed by atoms with van der Waals surface area (Å²) in [7, 11) is 0. The minimum Gasteiger partial charge on any atom is -0.282 e. The standard InChI is InChI=1S/C10H8NO2/c1-7(12)11-6-10(13)8-4-2-3-5-9(8)11/h2-6H,1H3/q+1. The van der Waals surface area contributed by atoms with Gasteiger partial charge in [-0.05, 0) is 6.07 Å². The van der Waals surface area contributed by atoms with E-state index in [2.05, 4.69) is 0 Å². The van der Waals surface area contributed by atoms with Crippen molar-refractivity contribution >= 4 is 23.6 Å². The monoisotopic (exact) mass is 174 g/mol. The van der Waals surface area contributed by atoms with Crippen molar-refractivity contribution < 1.29 is 14.2 Å². The molecule has 2 rings (SSSR count). The second-order valence-electron chi connectivity index (χ2n) is 2.90. The molecule has 1 aliphatic heterocycles. The van der Waals surface area contributed by atoms with Crippen LogP contribution >= 0.6 is 0 Å². The number of ketones is 1. The van der Waals surface area contributed by atoms with Gasteiger partial charge in [-0.25, -0.2) is 4.79 Å². The van der Waals surface area contributed by atoms with Crippen molar-refractivity contribution in [1.82, 2.24) is 0 Å². The first-order chi connectivity index (χ1) is 6.20. The Balaban J connectivity index is 2.64. The van der Waals surface area contributed by atoms with E-state index in [-0.39, 0.29) is 11.7 Å². The van der Waals surface area contributed by atoms with E-state index in [9.17, 15) is 9.59 Å². The average molecular weight is 174 g/mol. The molecule has 1 aromatic rings. The Morgan fingerprint density at radius 3 is 2.69 bits per heavy atom. The van der Waals surface area contributed by atoms with Gasteiger partial charge in [-0.2, -0.15) is 0 Å². The molecule has 0 spiro atoms. The molecule has 3 heteroatoms. The molecule has 0 atom stereocenters. The number of amides is 1. The lowest BCUT2D eigenvalue weighted by Gasteiger charge is -1.92. The molecule has 0 bridgehead atoms. The van der Waals surface area contributed by atoms with Crippen molar-refractivity contribution in [2.75, 3.05) is 0 Å². The van der Waals surface area contributed by atoms with E-state index in [0.717, 1.165) is 0 Å². The van der Waals surface area contributed by atoms with Crippen LogP contribution in [-0.2, 0) is 4.79 Å². The summed E-state index contributed by atoms with van der Waals surface area (Å²) in [5, 5.41) is 0. The molecular formula is C10H8NO2+. The third kappa shape index (κ3) is 1.09. The van der Waals surface area contributed by atoms with Gasteiger partial charge in [-0.1, -0.05) is 12.1 Å². The molecule has 1 aromatic carbocycles. The number of nitrogens with zero attached hydrogens (tertiary/aromatic N) is 1. The number of carbonyl (C=O) groups excluding carboxylic acids is 2. The number of rotatable bonds is 0. The van der Waals surface area contributed by atoms with Gasteiger partial charge in [-0.15, -0.1) is 4.58 Å². The van der Waals surface area contributed by atoms with Gasteiger partial charge in [0.15, 0.2) is 0 Å². The lowest BCUT2D eigenvalue weighted by atomic mass is 10.1. The summed E-state index contributed by atoms with van der Waals surface area (Å²) in [6, 6.07) is 7.07. The summed E-state index contributed by atoms with van der Waals surface area (Å²) in [5.41, 5.74) is 1.28. The van der Waals surface area contributed by atoms with Crippen LogP contribution in [0.4, 0.5) is 5.69 Å². The molecule has 1 heterocycles. The Morgan fingerprint density at radius 2 is 2.00 bits per heavy atom. The Hall–Kier alpha value is -1.77. The molecule has 0 aliphatic carbocycles. The van der Waals surface area contributed by atoms with Crippen LogP contribution in [-0.4, -0.2) is 22.5 Å². The van der Waals surface area contributed by atoms with Gasteiger partial charge in [0.2, 0.25) is 11.9 Å². The molecule has 1 aliphatic rings. The number of carbonyl (C=O) groups is 2. The number of fused-ring (bicyclic) bond motifs is 1. The fourth-order valence-electron chi connectivity index (χ4n) is 1.41. The van der Waals surface area contributed by atoms with Crippen molar-refractivity contribution in [3.63, 3.8) is 0 Å². The van der Waals surface area contributed by atoms with Crippen LogP contribution in [0.1, 0.15) is 17.3 Å². The molecular weight excluding hydrogens is 166 g/mol. The zero-order chi connectivity index (χ0) is 9.42. The van der Waals surface area contributed by atoms with E-state index in [4.69, 9.17) is 0 Å². The Labute approximate surface area is 75.3 Å². The smallest absolute Gasteiger partial charge is 0.282 e. The predicted octanol–water partition coefficient (Wildman–Crippen LogP) is 1.14. The molecule has 0 aromatic heterocycles. The van der Waals surface area contributed by atoms with Gasteiger partial charge in [-0.3, -0.25) is 4.79 Å². The van der Waals surface area contributed by atoms with Crippen molar-refractivity contribution in [2.45, 2.75) is 6.92 Å². The van der Waals surface area contributed by atoms with Gasteiger partial charge in [0.25, 0.3) is 5.78 Å². The first-order valence-electron chi connectivity index (χ1n) is 3.98. The molecule has 0 saturated carbocycles. The second kappa shape index (κ2) is 2.62. The summed E-state index contributed by atoms with van der Waals surface area (Å²) in [6.07, 6.45) is 1.33. The summed E-state index contributed by atoms with van der Waals surface area (Å²) >= 11 is 0. The number of hydrogen-bond donors (Lipinski definition) is 0. The van der Waals surface area contributed by atoms with Gasteiger partial charge in [0.05, 0.1) is 6.92 Å². The molecule has 13 heavy (non-hydrogen) atoms. The average Bonchev–Trinajstić information content (AvgIpc) is 2.45. The van der Waals surface area contributed by atoms with Crippen molar-refractivity contribution in [1.29, 1.82) is 0 Å². The second-order valence-corrected chi connectivity index (χ2v) is 2.90. The highest BCUT2D eigenvalue weighted by molar-refractivity contribution is 6.37. The topological polar surface area (TPSA) is 37.1 Å². The van der Waals surface area contributed by atoms with Gasteiger partial charge in [0, 0.05) is 6.07 Å².